The zero-order valence-electron chi connectivity index (χ0n) is 11.6. The molecular weight excluding hydrogens is 220 g/mol. The number of hydrogen-bond donors (Lipinski definition) is 1. The molecule has 16 heavy (non-hydrogen) atoms. The molecule has 0 saturated heterocycles. The fraction of sp³-hybridized carbons (Fsp3) is 0.917. The van der Waals surface area contributed by atoms with E-state index in [4.69, 9.17) is 4.43 Å². The highest BCUT2D eigenvalue weighted by Crippen LogP contribution is 2.38. The van der Waals surface area contributed by atoms with E-state index in [1.54, 1.807) is 0 Å². The Morgan fingerprint density at radius 3 is 2.06 bits per heavy atom. The molecule has 3 nitrogen and oxygen atoms in total. The Labute approximate surface area is 100 Å². The van der Waals surface area contributed by atoms with E-state index in [1.165, 1.54) is 0 Å². The number of rotatable bonds is 5. The van der Waals surface area contributed by atoms with Crippen LogP contribution in [-0.2, 0) is 9.22 Å². The van der Waals surface area contributed by atoms with Crippen molar-refractivity contribution >= 4 is 14.3 Å². The molecule has 96 valence electrons. The fourth-order valence-corrected chi connectivity index (χ4v) is 2.44. The summed E-state index contributed by atoms with van der Waals surface area (Å²) in [4.78, 5) is 11.2. The largest absolute Gasteiger partial charge is 0.479 e. The van der Waals surface area contributed by atoms with Gasteiger partial charge in [0, 0.05) is 0 Å². The van der Waals surface area contributed by atoms with Crippen LogP contribution in [0.5, 0.6) is 0 Å². The van der Waals surface area contributed by atoms with E-state index in [0.29, 0.717) is 0 Å². The lowest BCUT2D eigenvalue weighted by molar-refractivity contribution is -0.148. The number of aliphatic carboxylic acids is 1. The van der Waals surface area contributed by atoms with Gasteiger partial charge < -0.3 is 9.53 Å². The van der Waals surface area contributed by atoms with E-state index in [0.717, 1.165) is 6.42 Å². The smallest absolute Gasteiger partial charge is 0.331 e. The summed E-state index contributed by atoms with van der Waals surface area (Å²) in [6.45, 7) is 14.5. The molecule has 0 rings (SSSR count). The van der Waals surface area contributed by atoms with Gasteiger partial charge in [-0.05, 0) is 24.1 Å². The Kier molecular flexibility index (Phi) is 5.20. The predicted molar refractivity (Wildman–Crippen MR) is 69.2 cm³/mol. The van der Waals surface area contributed by atoms with Crippen LogP contribution in [0.3, 0.4) is 0 Å². The van der Waals surface area contributed by atoms with E-state index < -0.39 is 20.4 Å². The van der Waals surface area contributed by atoms with Crippen LogP contribution in [0, 0.1) is 5.92 Å². The summed E-state index contributed by atoms with van der Waals surface area (Å²) in [5.41, 5.74) is 0. The Bertz CT molecular complexity index is 243. The molecule has 0 aliphatic heterocycles. The average molecular weight is 246 g/mol. The first-order valence-electron chi connectivity index (χ1n) is 5.93. The first-order chi connectivity index (χ1) is 7.03. The number of carboxylic acids is 1. The van der Waals surface area contributed by atoms with Crippen molar-refractivity contribution in [3.63, 3.8) is 0 Å². The van der Waals surface area contributed by atoms with Crippen molar-refractivity contribution in [3.8, 4) is 0 Å². The van der Waals surface area contributed by atoms with Gasteiger partial charge in [0.15, 0.2) is 8.32 Å². The predicted octanol–water partition coefficient (Wildman–Crippen LogP) is 3.51. The van der Waals surface area contributed by atoms with Crippen LogP contribution in [-0.4, -0.2) is 25.5 Å². The molecular formula is C12H26O3Si. The van der Waals surface area contributed by atoms with E-state index in [1.807, 2.05) is 13.8 Å². The molecule has 0 radical (unpaired) electrons. The van der Waals surface area contributed by atoms with E-state index >= 15 is 0 Å². The second-order valence-corrected chi connectivity index (χ2v) is 10.8. The zero-order chi connectivity index (χ0) is 13.1. The van der Waals surface area contributed by atoms with Gasteiger partial charge in [0.2, 0.25) is 0 Å². The van der Waals surface area contributed by atoms with Gasteiger partial charge in [-0.25, -0.2) is 4.79 Å². The SMILES string of the molecule is CC[C@@H](C)[C@@H](O[Si](C)(C)C(C)(C)C)C(=O)O. The van der Waals surface area contributed by atoms with Gasteiger partial charge in [0.1, 0.15) is 6.10 Å². The third-order valence-corrected chi connectivity index (χ3v) is 8.09. The summed E-state index contributed by atoms with van der Waals surface area (Å²) in [6, 6.07) is 0. The Morgan fingerprint density at radius 1 is 1.38 bits per heavy atom. The second kappa shape index (κ2) is 5.32. The van der Waals surface area contributed by atoms with Gasteiger partial charge in [-0.2, -0.15) is 0 Å². The normalized spacial score (nSPS) is 16.9. The van der Waals surface area contributed by atoms with Crippen molar-refractivity contribution < 1.29 is 14.3 Å². The van der Waals surface area contributed by atoms with Crippen LogP contribution in [0.25, 0.3) is 0 Å². The van der Waals surface area contributed by atoms with Crippen molar-refractivity contribution in [2.75, 3.05) is 0 Å². The lowest BCUT2D eigenvalue weighted by Crippen LogP contribution is -2.48. The standard InChI is InChI=1S/C12H26O3Si/c1-8-9(2)10(11(13)14)15-16(6,7)12(3,4)5/h9-10H,8H2,1-7H3,(H,13,14)/t9-,10-/m1/s1. The van der Waals surface area contributed by atoms with Crippen LogP contribution < -0.4 is 0 Å². The van der Waals surface area contributed by atoms with E-state index in [-0.39, 0.29) is 11.0 Å². The van der Waals surface area contributed by atoms with Crippen molar-refractivity contribution in [1.29, 1.82) is 0 Å². The van der Waals surface area contributed by atoms with Gasteiger partial charge in [0.05, 0.1) is 0 Å². The lowest BCUT2D eigenvalue weighted by Gasteiger charge is -2.39. The number of hydrogen-bond acceptors (Lipinski definition) is 2. The quantitative estimate of drug-likeness (QED) is 0.755. The molecule has 0 heterocycles. The van der Waals surface area contributed by atoms with E-state index in [9.17, 15) is 9.90 Å². The number of carbonyl (C=O) groups is 1. The van der Waals surface area contributed by atoms with E-state index in [2.05, 4.69) is 33.9 Å². The van der Waals surface area contributed by atoms with Crippen molar-refractivity contribution in [2.45, 2.75) is 65.3 Å². The lowest BCUT2D eigenvalue weighted by atomic mass is 10.0. The summed E-state index contributed by atoms with van der Waals surface area (Å²) in [5.74, 6) is -0.772. The Hall–Kier alpha value is -0.353. The molecule has 2 atom stereocenters. The first kappa shape index (κ1) is 15.6. The highest BCUT2D eigenvalue weighted by molar-refractivity contribution is 6.74. The molecule has 1 N–H and O–H groups in total. The van der Waals surface area contributed by atoms with Crippen molar-refractivity contribution in [2.24, 2.45) is 5.92 Å². The van der Waals surface area contributed by atoms with Gasteiger partial charge >= 0.3 is 5.97 Å². The highest BCUT2D eigenvalue weighted by Gasteiger charge is 2.41. The number of carboxylic acid groups (broad SMARTS) is 1. The minimum absolute atomic E-state index is 0.0498. The maximum atomic E-state index is 11.2. The van der Waals surface area contributed by atoms with Crippen LogP contribution in [0.1, 0.15) is 41.0 Å². The molecule has 0 aromatic rings. The summed E-state index contributed by atoms with van der Waals surface area (Å²) in [7, 11) is -1.99. The summed E-state index contributed by atoms with van der Waals surface area (Å²) < 4.78 is 5.96. The summed E-state index contributed by atoms with van der Waals surface area (Å²) >= 11 is 0. The van der Waals surface area contributed by atoms with Crippen LogP contribution in [0.4, 0.5) is 0 Å². The molecule has 0 aliphatic rings. The Morgan fingerprint density at radius 2 is 1.81 bits per heavy atom. The molecule has 0 aliphatic carbocycles. The third kappa shape index (κ3) is 3.90. The Balaban J connectivity index is 4.83. The molecule has 0 aromatic heterocycles. The molecule has 0 saturated carbocycles. The van der Waals surface area contributed by atoms with Crippen LogP contribution in [0.2, 0.25) is 18.1 Å². The van der Waals surface area contributed by atoms with Crippen molar-refractivity contribution in [1.82, 2.24) is 0 Å². The molecule has 0 spiro atoms. The first-order valence-corrected chi connectivity index (χ1v) is 8.84. The third-order valence-electron chi connectivity index (χ3n) is 3.63. The topological polar surface area (TPSA) is 46.5 Å². The maximum absolute atomic E-state index is 11.2. The minimum atomic E-state index is -1.99. The van der Waals surface area contributed by atoms with Gasteiger partial charge in [-0.3, -0.25) is 0 Å². The minimum Gasteiger partial charge on any atom is -0.479 e. The average Bonchev–Trinajstić information content (AvgIpc) is 2.10. The highest BCUT2D eigenvalue weighted by atomic mass is 28.4. The molecule has 0 bridgehead atoms. The van der Waals surface area contributed by atoms with Crippen LogP contribution in [0.15, 0.2) is 0 Å². The molecule has 0 aromatic carbocycles. The molecule has 4 heteroatoms. The molecule has 0 fully saturated rings. The second-order valence-electron chi connectivity index (χ2n) is 6.02. The fourth-order valence-electron chi connectivity index (χ4n) is 1.12. The summed E-state index contributed by atoms with van der Waals surface area (Å²) in [6.07, 6.45) is 0.164. The molecule has 0 unspecified atom stereocenters. The van der Waals surface area contributed by atoms with Gasteiger partial charge in [-0.15, -0.1) is 0 Å². The van der Waals surface area contributed by atoms with Gasteiger partial charge in [0.25, 0.3) is 0 Å². The van der Waals surface area contributed by atoms with Gasteiger partial charge in [-0.1, -0.05) is 41.0 Å². The summed E-state index contributed by atoms with van der Waals surface area (Å²) in [5, 5.41) is 9.25. The maximum Gasteiger partial charge on any atom is 0.331 e. The van der Waals surface area contributed by atoms with Crippen molar-refractivity contribution in [3.05, 3.63) is 0 Å². The van der Waals surface area contributed by atoms with Crippen LogP contribution >= 0.6 is 0 Å². The molecule has 0 amide bonds. The zero-order valence-corrected chi connectivity index (χ0v) is 12.6. The monoisotopic (exact) mass is 246 g/mol.